The second-order valence-corrected chi connectivity index (χ2v) is 19.9. The van der Waals surface area contributed by atoms with E-state index >= 15 is 0 Å². The lowest BCUT2D eigenvalue weighted by molar-refractivity contribution is -0.265. The average Bonchev–Trinajstić information content (AvgIpc) is 3.28. The molecule has 1 unspecified atom stereocenters. The average molecular weight is 914 g/mol. The summed E-state index contributed by atoms with van der Waals surface area (Å²) in [6, 6.07) is -1.17. The Bertz CT molecular complexity index is 1760. The fourth-order valence-electron chi connectivity index (χ4n) is 10.3. The number of fused-ring (bicyclic) bond motifs is 3. The molecule has 1 aliphatic carbocycles. The molecule has 4 rings (SSSR count). The smallest absolute Gasteiger partial charge is 0.329 e. The zero-order valence-corrected chi connectivity index (χ0v) is 40.1. The molecule has 15 atom stereocenters. The molecule has 0 radical (unpaired) electrons. The summed E-state index contributed by atoms with van der Waals surface area (Å²) in [5.74, 6) is -9.67. The van der Waals surface area contributed by atoms with Gasteiger partial charge in [-0.2, -0.15) is 0 Å². The minimum atomic E-state index is -2.44. The number of amides is 1. The molecule has 14 nitrogen and oxygen atoms in total. The summed E-state index contributed by atoms with van der Waals surface area (Å²) in [4.78, 5) is 71.6. The number of aliphatic hydroxyl groups is 5. The van der Waals surface area contributed by atoms with Crippen LogP contribution in [0.2, 0.25) is 0 Å². The van der Waals surface area contributed by atoms with Crippen molar-refractivity contribution in [3.05, 3.63) is 47.6 Å². The van der Waals surface area contributed by atoms with E-state index in [0.29, 0.717) is 64.2 Å². The maximum Gasteiger partial charge on any atom is 0.329 e. The van der Waals surface area contributed by atoms with Gasteiger partial charge in [-0.1, -0.05) is 71.1 Å². The van der Waals surface area contributed by atoms with Gasteiger partial charge < -0.3 is 44.6 Å². The number of rotatable bonds is 6. The predicted molar refractivity (Wildman–Crippen MR) is 245 cm³/mol. The quantitative estimate of drug-likeness (QED) is 0.168. The largest absolute Gasteiger partial charge is 0.460 e. The number of nitrogens with zero attached hydrogens (tertiary/aromatic N) is 1. The van der Waals surface area contributed by atoms with E-state index in [1.54, 1.807) is 40.9 Å². The molecule has 1 saturated carbocycles. The molecule has 5 N–H and O–H groups in total. The molecule has 65 heavy (non-hydrogen) atoms. The molecule has 0 aromatic heterocycles. The second kappa shape index (κ2) is 25.1. The van der Waals surface area contributed by atoms with Crippen LogP contribution < -0.4 is 0 Å². The van der Waals surface area contributed by atoms with E-state index in [0.717, 1.165) is 5.57 Å². The van der Waals surface area contributed by atoms with Crippen LogP contribution in [0, 0.1) is 47.3 Å². The van der Waals surface area contributed by atoms with E-state index in [-0.39, 0.29) is 66.8 Å². The second-order valence-electron chi connectivity index (χ2n) is 19.9. The number of carbonyl (C=O) groups is 5. The number of hydrogen-bond donors (Lipinski definition) is 5. The van der Waals surface area contributed by atoms with E-state index < -0.39 is 90.3 Å². The lowest BCUT2D eigenvalue weighted by atomic mass is 9.75. The highest BCUT2D eigenvalue weighted by atomic mass is 16.6. The third kappa shape index (κ3) is 14.3. The van der Waals surface area contributed by atoms with Crippen LogP contribution in [0.15, 0.2) is 47.6 Å². The monoisotopic (exact) mass is 914 g/mol. The van der Waals surface area contributed by atoms with Crippen molar-refractivity contribution in [1.29, 1.82) is 0 Å². The number of cyclic esters (lactones) is 1. The number of Topliss-reactive ketones (excluding diaryl/α,β-unsaturated/α-hetero) is 3. The van der Waals surface area contributed by atoms with Gasteiger partial charge in [-0.25, -0.2) is 4.79 Å². The van der Waals surface area contributed by atoms with E-state index in [2.05, 4.69) is 0 Å². The van der Waals surface area contributed by atoms with Crippen LogP contribution in [0.1, 0.15) is 126 Å². The third-order valence-corrected chi connectivity index (χ3v) is 14.7. The number of esters is 1. The molecule has 0 aromatic rings. The van der Waals surface area contributed by atoms with Crippen molar-refractivity contribution in [2.75, 3.05) is 26.9 Å². The van der Waals surface area contributed by atoms with Crippen LogP contribution in [0.3, 0.4) is 0 Å². The SMILES string of the molecule is CO[C@H]1C[C@@H]2CC[C@@H](C)[C@@](O)(O2)C(=O)C(=O)N2CCCC[C@H]2C(=O)O[C@H]([C@H](C)C[C@@H]2CC[C@@H](O)[C@H](CO)C2)CC(=O)/C(C)=C\C(C)[C@@H](O)[C@@H](CO)C(=O)[C@H](C)C[C@H](C)C=CC=CC=C1C. The number of piperidine rings is 1. The van der Waals surface area contributed by atoms with Gasteiger partial charge in [0.1, 0.15) is 17.9 Å². The van der Waals surface area contributed by atoms with Crippen molar-refractivity contribution < 1.29 is 63.7 Å². The zero-order chi connectivity index (χ0) is 48.2. The summed E-state index contributed by atoms with van der Waals surface area (Å²) in [5, 5.41) is 54.0. The molecule has 0 aromatic carbocycles. The first-order valence-electron chi connectivity index (χ1n) is 24.1. The van der Waals surface area contributed by atoms with Gasteiger partial charge in [0.25, 0.3) is 11.7 Å². The highest BCUT2D eigenvalue weighted by Crippen LogP contribution is 2.38. The molecule has 14 heteroatoms. The van der Waals surface area contributed by atoms with Crippen molar-refractivity contribution in [1.82, 2.24) is 4.90 Å². The Morgan fingerprint density at radius 3 is 2.29 bits per heavy atom. The van der Waals surface area contributed by atoms with Gasteiger partial charge in [-0.3, -0.25) is 19.2 Å². The van der Waals surface area contributed by atoms with Crippen LogP contribution in [0.4, 0.5) is 0 Å². The maximum absolute atomic E-state index is 14.3. The minimum absolute atomic E-state index is 0.00899. The Balaban J connectivity index is 1.70. The lowest BCUT2D eigenvalue weighted by Gasteiger charge is -2.42. The van der Waals surface area contributed by atoms with E-state index in [1.807, 2.05) is 51.2 Å². The number of allylic oxidation sites excluding steroid dienone is 6. The van der Waals surface area contributed by atoms with E-state index in [9.17, 15) is 49.5 Å². The van der Waals surface area contributed by atoms with Gasteiger partial charge in [0.2, 0.25) is 5.79 Å². The fourth-order valence-corrected chi connectivity index (χ4v) is 10.3. The topological polar surface area (TPSA) is 217 Å². The number of ketones is 3. The van der Waals surface area contributed by atoms with Crippen LogP contribution in [0.25, 0.3) is 0 Å². The van der Waals surface area contributed by atoms with Gasteiger partial charge in [0.15, 0.2) is 5.78 Å². The Morgan fingerprint density at radius 2 is 1.62 bits per heavy atom. The fraction of sp³-hybridized carbons (Fsp3) is 0.745. The Morgan fingerprint density at radius 1 is 0.892 bits per heavy atom. The summed E-state index contributed by atoms with van der Waals surface area (Å²) in [7, 11) is 1.57. The standard InChI is InChI=1S/C51H79NO13/c1-30-14-10-9-11-15-31(2)44(63-8)26-39-19-17-36(7)51(62,65-39)48(59)49(60)52-21-13-12-16-41(52)50(61)64-45(33(4)24-37-18-20-42(55)38(25-37)28-53)27-43(56)32(3)23-35(6)47(58)40(29-54)46(57)34(5)22-30/h9-11,14-15,23,30,33-42,44-45,47,53-55,58,62H,12-13,16-22,24-29H2,1-8H3/b11-9?,14-10?,31-15?,32-23-/t30-,33-,34-,35?,36-,37+,38+,39+,40+,41+,42-,44+,45+,47-,51-/m1/s1. The molecule has 3 fully saturated rings. The molecule has 2 saturated heterocycles. The molecule has 3 heterocycles. The van der Waals surface area contributed by atoms with Gasteiger partial charge in [-0.05, 0) is 107 Å². The minimum Gasteiger partial charge on any atom is -0.460 e. The number of hydrogen-bond acceptors (Lipinski definition) is 13. The normalized spacial score (nSPS) is 38.6. The van der Waals surface area contributed by atoms with E-state index in [4.69, 9.17) is 14.2 Å². The van der Waals surface area contributed by atoms with Gasteiger partial charge in [-0.15, -0.1) is 0 Å². The molecule has 4 aliphatic rings. The Kier molecular flexibility index (Phi) is 21.0. The lowest BCUT2D eigenvalue weighted by Crippen LogP contribution is -2.61. The van der Waals surface area contributed by atoms with E-state index in [1.165, 1.54) is 4.90 Å². The first-order chi connectivity index (χ1) is 30.7. The first-order valence-corrected chi connectivity index (χ1v) is 24.1. The van der Waals surface area contributed by atoms with Crippen molar-refractivity contribution in [2.45, 2.75) is 168 Å². The highest BCUT2D eigenvalue weighted by Gasteiger charge is 2.53. The third-order valence-electron chi connectivity index (χ3n) is 14.7. The Hall–Kier alpha value is -3.37. The van der Waals surface area contributed by atoms with Crippen LogP contribution in [-0.4, -0.2) is 129 Å². The van der Waals surface area contributed by atoms with Gasteiger partial charge >= 0.3 is 5.97 Å². The molecule has 366 valence electrons. The summed E-state index contributed by atoms with van der Waals surface area (Å²) in [5.41, 5.74) is 1.14. The maximum atomic E-state index is 14.3. The summed E-state index contributed by atoms with van der Waals surface area (Å²) < 4.78 is 18.2. The molecule has 3 aliphatic heterocycles. The molecular formula is C51H79NO13. The number of carbonyl (C=O) groups excluding carboxylic acids is 5. The van der Waals surface area contributed by atoms with Crippen LogP contribution >= 0.6 is 0 Å². The van der Waals surface area contributed by atoms with Gasteiger partial charge in [0.05, 0.1) is 36.9 Å². The van der Waals surface area contributed by atoms with Gasteiger partial charge in [0, 0.05) is 56.8 Å². The molecule has 0 spiro atoms. The van der Waals surface area contributed by atoms with Crippen molar-refractivity contribution in [2.24, 2.45) is 47.3 Å². The predicted octanol–water partition coefficient (Wildman–Crippen LogP) is 5.37. The zero-order valence-electron chi connectivity index (χ0n) is 40.1. The first kappa shape index (κ1) is 54.2. The summed E-state index contributed by atoms with van der Waals surface area (Å²) in [6.07, 6.45) is 12.1. The van der Waals surface area contributed by atoms with Crippen LogP contribution in [-0.2, 0) is 38.2 Å². The Labute approximate surface area is 386 Å². The molecule has 2 bridgehead atoms. The molecule has 1 amide bonds. The number of ether oxygens (including phenoxy) is 3. The van der Waals surface area contributed by atoms with Crippen molar-refractivity contribution >= 4 is 29.2 Å². The summed E-state index contributed by atoms with van der Waals surface area (Å²) in [6.45, 7) is 11.8. The van der Waals surface area contributed by atoms with Crippen molar-refractivity contribution in [3.8, 4) is 0 Å². The number of methoxy groups -OCH3 is 1. The summed E-state index contributed by atoms with van der Waals surface area (Å²) >= 11 is 0. The number of aliphatic hydroxyl groups excluding tert-OH is 4. The van der Waals surface area contributed by atoms with Crippen molar-refractivity contribution in [3.63, 3.8) is 0 Å². The highest BCUT2D eigenvalue weighted by molar-refractivity contribution is 6.39. The van der Waals surface area contributed by atoms with Crippen LogP contribution in [0.5, 0.6) is 0 Å². The molecular weight excluding hydrogens is 835 g/mol.